The van der Waals surface area contributed by atoms with Crippen molar-refractivity contribution in [2.24, 2.45) is 0 Å². The first-order valence-electron chi connectivity index (χ1n) is 7.20. The Labute approximate surface area is 132 Å². The van der Waals surface area contributed by atoms with E-state index < -0.39 is 0 Å². The van der Waals surface area contributed by atoms with Crippen LogP contribution in [0, 0.1) is 0 Å². The zero-order chi connectivity index (χ0) is 14.1. The molecule has 2 nitrogen and oxygen atoms in total. The molecule has 3 aromatic rings. The first-order valence-corrected chi connectivity index (χ1v) is 9.00. The minimum absolute atomic E-state index is 0.453. The second kappa shape index (κ2) is 5.79. The Morgan fingerprint density at radius 1 is 1.10 bits per heavy atom. The van der Waals surface area contributed by atoms with Gasteiger partial charge in [0.25, 0.3) is 0 Å². The number of hydrogen-bond donors (Lipinski definition) is 1. The molecule has 21 heavy (non-hydrogen) atoms. The number of thioether (sulfide) groups is 1. The van der Waals surface area contributed by atoms with Crippen molar-refractivity contribution in [1.82, 2.24) is 10.3 Å². The average molecular weight is 312 g/mol. The van der Waals surface area contributed by atoms with E-state index in [0.717, 1.165) is 12.1 Å². The van der Waals surface area contributed by atoms with Crippen LogP contribution in [0.5, 0.6) is 0 Å². The molecule has 2 heterocycles. The molecule has 0 fully saturated rings. The van der Waals surface area contributed by atoms with E-state index in [4.69, 9.17) is 4.98 Å². The van der Waals surface area contributed by atoms with Gasteiger partial charge < -0.3 is 5.32 Å². The Bertz CT molecular complexity index is 733. The molecule has 0 radical (unpaired) electrons. The number of nitrogens with zero attached hydrogens (tertiary/aromatic N) is 1. The molecule has 4 heteroatoms. The third kappa shape index (κ3) is 2.71. The summed E-state index contributed by atoms with van der Waals surface area (Å²) in [6.45, 7) is 0.850. The number of aromatic nitrogens is 1. The molecule has 106 valence electrons. The second-order valence-corrected chi connectivity index (χ2v) is 7.44. The summed E-state index contributed by atoms with van der Waals surface area (Å²) in [5, 5.41) is 4.86. The molecule has 0 saturated heterocycles. The summed E-state index contributed by atoms with van der Waals surface area (Å²) in [6, 6.07) is 17.5. The molecule has 1 N–H and O–H groups in total. The van der Waals surface area contributed by atoms with Crippen molar-refractivity contribution in [2.75, 3.05) is 5.75 Å². The van der Waals surface area contributed by atoms with Crippen LogP contribution in [0.15, 0.2) is 53.4 Å². The summed E-state index contributed by atoms with van der Waals surface area (Å²) < 4.78 is 1.27. The molecular formula is C17H16N2S2. The number of para-hydroxylation sites is 1. The van der Waals surface area contributed by atoms with Gasteiger partial charge in [0.15, 0.2) is 0 Å². The van der Waals surface area contributed by atoms with Gasteiger partial charge in [0.2, 0.25) is 0 Å². The van der Waals surface area contributed by atoms with Gasteiger partial charge in [0.1, 0.15) is 5.01 Å². The smallest absolute Gasteiger partial charge is 0.108 e. The van der Waals surface area contributed by atoms with Gasteiger partial charge in [-0.2, -0.15) is 0 Å². The summed E-state index contributed by atoms with van der Waals surface area (Å²) in [5.74, 6) is 1.19. The van der Waals surface area contributed by atoms with E-state index in [9.17, 15) is 0 Å². The van der Waals surface area contributed by atoms with E-state index in [1.54, 1.807) is 11.3 Å². The van der Waals surface area contributed by atoms with E-state index in [2.05, 4.69) is 47.8 Å². The van der Waals surface area contributed by atoms with Crippen LogP contribution in [0.4, 0.5) is 0 Å². The number of thiazole rings is 1. The lowest BCUT2D eigenvalue weighted by atomic mass is 10.0. The number of nitrogens with one attached hydrogen (secondary N) is 1. The van der Waals surface area contributed by atoms with Gasteiger partial charge in [0, 0.05) is 17.5 Å². The molecular weight excluding hydrogens is 296 g/mol. The molecule has 1 aliphatic rings. The SMILES string of the molecule is c1ccc2c(c1)SCCC2NCc1nc2ccccc2s1. The fraction of sp³-hybridized carbons (Fsp3) is 0.235. The Morgan fingerprint density at radius 2 is 1.95 bits per heavy atom. The molecule has 1 aliphatic heterocycles. The van der Waals surface area contributed by atoms with Gasteiger partial charge in [-0.3, -0.25) is 0 Å². The van der Waals surface area contributed by atoms with Crippen molar-refractivity contribution in [3.05, 3.63) is 59.1 Å². The third-order valence-corrected chi connectivity index (χ3v) is 5.96. The largest absolute Gasteiger partial charge is 0.303 e. The minimum Gasteiger partial charge on any atom is -0.303 e. The highest BCUT2D eigenvalue weighted by Crippen LogP contribution is 2.36. The Morgan fingerprint density at radius 3 is 2.90 bits per heavy atom. The summed E-state index contributed by atoms with van der Waals surface area (Å²) in [6.07, 6.45) is 1.19. The van der Waals surface area contributed by atoms with Gasteiger partial charge in [-0.1, -0.05) is 30.3 Å². The highest BCUT2D eigenvalue weighted by Gasteiger charge is 2.19. The van der Waals surface area contributed by atoms with Crippen LogP contribution in [-0.4, -0.2) is 10.7 Å². The molecule has 0 aliphatic carbocycles. The molecule has 2 aromatic carbocycles. The van der Waals surface area contributed by atoms with Gasteiger partial charge in [-0.15, -0.1) is 23.1 Å². The lowest BCUT2D eigenvalue weighted by molar-refractivity contribution is 0.509. The normalized spacial score (nSPS) is 17.8. The highest BCUT2D eigenvalue weighted by atomic mass is 32.2. The maximum absolute atomic E-state index is 4.70. The van der Waals surface area contributed by atoms with Crippen LogP contribution in [0.1, 0.15) is 23.0 Å². The monoisotopic (exact) mass is 312 g/mol. The number of rotatable bonds is 3. The first kappa shape index (κ1) is 13.3. The van der Waals surface area contributed by atoms with E-state index in [-0.39, 0.29) is 0 Å². The number of fused-ring (bicyclic) bond motifs is 2. The van der Waals surface area contributed by atoms with Crippen LogP contribution in [-0.2, 0) is 6.54 Å². The zero-order valence-corrected chi connectivity index (χ0v) is 13.2. The standard InChI is InChI=1S/C17H16N2S2/c1-3-7-15-12(5-1)13(9-10-20-15)18-11-17-19-14-6-2-4-8-16(14)21-17/h1-8,13,18H,9-11H2. The van der Waals surface area contributed by atoms with Crippen LogP contribution in [0.25, 0.3) is 10.2 Å². The second-order valence-electron chi connectivity index (χ2n) is 5.18. The summed E-state index contributed by atoms with van der Waals surface area (Å²) in [4.78, 5) is 6.13. The van der Waals surface area contributed by atoms with Crippen molar-refractivity contribution in [3.63, 3.8) is 0 Å². The Hall–Kier alpha value is -1.36. The van der Waals surface area contributed by atoms with Crippen LogP contribution in [0.2, 0.25) is 0 Å². The van der Waals surface area contributed by atoms with Crippen molar-refractivity contribution < 1.29 is 0 Å². The van der Waals surface area contributed by atoms with E-state index in [1.165, 1.54) is 32.3 Å². The summed E-state index contributed by atoms with van der Waals surface area (Å²) in [5.41, 5.74) is 2.55. The van der Waals surface area contributed by atoms with Gasteiger partial charge in [0.05, 0.1) is 10.2 Å². The number of hydrogen-bond acceptors (Lipinski definition) is 4. The molecule has 1 unspecified atom stereocenters. The van der Waals surface area contributed by atoms with Crippen LogP contribution >= 0.6 is 23.1 Å². The molecule has 0 spiro atoms. The summed E-state index contributed by atoms with van der Waals surface area (Å²) in [7, 11) is 0. The lowest BCUT2D eigenvalue weighted by Gasteiger charge is -2.25. The molecule has 0 amide bonds. The maximum atomic E-state index is 4.70. The molecule has 1 aromatic heterocycles. The van der Waals surface area contributed by atoms with Crippen molar-refractivity contribution >= 4 is 33.3 Å². The summed E-state index contributed by atoms with van der Waals surface area (Å²) >= 11 is 3.75. The quantitative estimate of drug-likeness (QED) is 0.763. The minimum atomic E-state index is 0.453. The predicted molar refractivity (Wildman–Crippen MR) is 91.0 cm³/mol. The lowest BCUT2D eigenvalue weighted by Crippen LogP contribution is -2.24. The Balaban J connectivity index is 1.52. The van der Waals surface area contributed by atoms with E-state index in [1.807, 2.05) is 17.8 Å². The van der Waals surface area contributed by atoms with Crippen molar-refractivity contribution in [3.8, 4) is 0 Å². The molecule has 0 bridgehead atoms. The van der Waals surface area contributed by atoms with Crippen molar-refractivity contribution in [2.45, 2.75) is 23.9 Å². The van der Waals surface area contributed by atoms with E-state index in [0.29, 0.717) is 6.04 Å². The van der Waals surface area contributed by atoms with Crippen LogP contribution < -0.4 is 5.32 Å². The van der Waals surface area contributed by atoms with Gasteiger partial charge in [-0.05, 0) is 35.9 Å². The topological polar surface area (TPSA) is 24.9 Å². The number of benzene rings is 2. The Kier molecular flexibility index (Phi) is 3.67. The molecule has 4 rings (SSSR count). The highest BCUT2D eigenvalue weighted by molar-refractivity contribution is 7.99. The van der Waals surface area contributed by atoms with Crippen molar-refractivity contribution in [1.29, 1.82) is 0 Å². The maximum Gasteiger partial charge on any atom is 0.108 e. The van der Waals surface area contributed by atoms with Gasteiger partial charge >= 0.3 is 0 Å². The fourth-order valence-electron chi connectivity index (χ4n) is 2.76. The van der Waals surface area contributed by atoms with Crippen LogP contribution in [0.3, 0.4) is 0 Å². The van der Waals surface area contributed by atoms with E-state index >= 15 is 0 Å². The first-order chi connectivity index (χ1) is 10.4. The zero-order valence-electron chi connectivity index (χ0n) is 11.6. The average Bonchev–Trinajstić information content (AvgIpc) is 2.96. The predicted octanol–water partition coefficient (Wildman–Crippen LogP) is 4.62. The van der Waals surface area contributed by atoms with Gasteiger partial charge in [-0.25, -0.2) is 4.98 Å². The molecule has 0 saturated carbocycles. The molecule has 1 atom stereocenters. The third-order valence-electron chi connectivity index (χ3n) is 3.80. The fourth-order valence-corrected chi connectivity index (χ4v) is 4.80.